The lowest BCUT2D eigenvalue weighted by Crippen LogP contribution is -2.12. The SMILES string of the molecule is CCCOc1nc(N(C)c2cccc(OC)c2)ccc1N. The maximum absolute atomic E-state index is 5.89. The average molecular weight is 287 g/mol. The highest BCUT2D eigenvalue weighted by Gasteiger charge is 2.10. The Morgan fingerprint density at radius 2 is 2.05 bits per heavy atom. The van der Waals surface area contributed by atoms with E-state index in [9.17, 15) is 0 Å². The number of pyridine rings is 1. The third kappa shape index (κ3) is 3.56. The zero-order valence-electron chi connectivity index (χ0n) is 12.7. The van der Waals surface area contributed by atoms with Crippen LogP contribution >= 0.6 is 0 Å². The van der Waals surface area contributed by atoms with Gasteiger partial charge in [0.25, 0.3) is 0 Å². The molecule has 1 heterocycles. The largest absolute Gasteiger partial charge is 0.497 e. The number of methoxy groups -OCH3 is 1. The molecule has 0 aliphatic rings. The van der Waals surface area contributed by atoms with Gasteiger partial charge in [-0.15, -0.1) is 0 Å². The van der Waals surface area contributed by atoms with Crippen LogP contribution < -0.4 is 20.1 Å². The summed E-state index contributed by atoms with van der Waals surface area (Å²) in [7, 11) is 3.59. The van der Waals surface area contributed by atoms with E-state index in [0.717, 1.165) is 23.7 Å². The molecule has 2 N–H and O–H groups in total. The Hall–Kier alpha value is -2.43. The number of anilines is 3. The third-order valence-electron chi connectivity index (χ3n) is 3.10. The lowest BCUT2D eigenvalue weighted by atomic mass is 10.2. The molecule has 0 unspecified atom stereocenters. The lowest BCUT2D eigenvalue weighted by Gasteiger charge is -2.20. The van der Waals surface area contributed by atoms with Crippen LogP contribution in [-0.4, -0.2) is 25.7 Å². The van der Waals surface area contributed by atoms with Gasteiger partial charge in [0.2, 0.25) is 5.88 Å². The van der Waals surface area contributed by atoms with Gasteiger partial charge in [-0.3, -0.25) is 0 Å². The molecule has 0 bridgehead atoms. The van der Waals surface area contributed by atoms with Crippen molar-refractivity contribution in [1.29, 1.82) is 0 Å². The first kappa shape index (κ1) is 15.0. The highest BCUT2D eigenvalue weighted by atomic mass is 16.5. The second-order valence-corrected chi connectivity index (χ2v) is 4.67. The lowest BCUT2D eigenvalue weighted by molar-refractivity contribution is 0.307. The maximum Gasteiger partial charge on any atom is 0.239 e. The van der Waals surface area contributed by atoms with Crippen molar-refractivity contribution in [2.24, 2.45) is 0 Å². The molecule has 112 valence electrons. The van der Waals surface area contributed by atoms with Crippen LogP contribution in [0.1, 0.15) is 13.3 Å². The molecule has 21 heavy (non-hydrogen) atoms. The van der Waals surface area contributed by atoms with Gasteiger partial charge in [0.15, 0.2) is 0 Å². The Labute approximate surface area is 125 Å². The quantitative estimate of drug-likeness (QED) is 0.884. The Kier molecular flexibility index (Phi) is 4.87. The second-order valence-electron chi connectivity index (χ2n) is 4.67. The Morgan fingerprint density at radius 3 is 2.76 bits per heavy atom. The van der Waals surface area contributed by atoms with Crippen LogP contribution in [0.5, 0.6) is 11.6 Å². The van der Waals surface area contributed by atoms with Gasteiger partial charge < -0.3 is 20.1 Å². The number of nitrogens with two attached hydrogens (primary N) is 1. The number of hydrogen-bond acceptors (Lipinski definition) is 5. The van der Waals surface area contributed by atoms with E-state index >= 15 is 0 Å². The van der Waals surface area contributed by atoms with Gasteiger partial charge in [-0.25, -0.2) is 0 Å². The van der Waals surface area contributed by atoms with Crippen molar-refractivity contribution in [3.8, 4) is 11.6 Å². The summed E-state index contributed by atoms with van der Waals surface area (Å²) in [5.74, 6) is 2.05. The number of aromatic nitrogens is 1. The molecule has 5 nitrogen and oxygen atoms in total. The van der Waals surface area contributed by atoms with E-state index < -0.39 is 0 Å². The molecule has 0 atom stereocenters. The second kappa shape index (κ2) is 6.83. The molecule has 0 radical (unpaired) electrons. The van der Waals surface area contributed by atoms with E-state index in [0.29, 0.717) is 18.2 Å². The number of ether oxygens (including phenoxy) is 2. The van der Waals surface area contributed by atoms with Crippen LogP contribution in [0.4, 0.5) is 17.2 Å². The predicted molar refractivity (Wildman–Crippen MR) is 85.5 cm³/mol. The smallest absolute Gasteiger partial charge is 0.239 e. The summed E-state index contributed by atoms with van der Waals surface area (Å²) < 4.78 is 10.8. The van der Waals surface area contributed by atoms with Crippen LogP contribution in [0.3, 0.4) is 0 Å². The fourth-order valence-corrected chi connectivity index (χ4v) is 1.89. The monoisotopic (exact) mass is 287 g/mol. The van der Waals surface area contributed by atoms with Crippen LogP contribution in [-0.2, 0) is 0 Å². The van der Waals surface area contributed by atoms with Crippen molar-refractivity contribution >= 4 is 17.2 Å². The number of hydrogen-bond donors (Lipinski definition) is 1. The number of nitrogen functional groups attached to an aromatic ring is 1. The molecule has 2 aromatic rings. The summed E-state index contributed by atoms with van der Waals surface area (Å²) in [6.07, 6.45) is 0.914. The standard InChI is InChI=1S/C16H21N3O2/c1-4-10-21-16-14(17)8-9-15(18-16)19(2)12-6-5-7-13(11-12)20-3/h5-9,11H,4,10,17H2,1-3H3. The first-order valence-electron chi connectivity index (χ1n) is 6.92. The van der Waals surface area contributed by atoms with Crippen molar-refractivity contribution in [2.75, 3.05) is 31.4 Å². The molecule has 0 spiro atoms. The van der Waals surface area contributed by atoms with E-state index in [1.807, 2.05) is 55.3 Å². The minimum atomic E-state index is 0.476. The molecule has 0 saturated heterocycles. The van der Waals surface area contributed by atoms with E-state index in [1.165, 1.54) is 0 Å². The molecule has 0 amide bonds. The molecule has 1 aromatic heterocycles. The fraction of sp³-hybridized carbons (Fsp3) is 0.312. The summed E-state index contributed by atoms with van der Waals surface area (Å²) in [6.45, 7) is 2.64. The molecule has 0 aliphatic heterocycles. The van der Waals surface area contributed by atoms with Gasteiger partial charge >= 0.3 is 0 Å². The number of nitrogens with zero attached hydrogens (tertiary/aromatic N) is 2. The van der Waals surface area contributed by atoms with E-state index in [4.69, 9.17) is 15.2 Å². The van der Waals surface area contributed by atoms with Crippen LogP contribution in [0.15, 0.2) is 36.4 Å². The van der Waals surface area contributed by atoms with Crippen LogP contribution in [0.2, 0.25) is 0 Å². The van der Waals surface area contributed by atoms with Crippen molar-refractivity contribution in [2.45, 2.75) is 13.3 Å². The summed E-state index contributed by atoms with van der Waals surface area (Å²) in [4.78, 5) is 6.44. The summed E-state index contributed by atoms with van der Waals surface area (Å²) in [5.41, 5.74) is 7.42. The highest BCUT2D eigenvalue weighted by Crippen LogP contribution is 2.29. The average Bonchev–Trinajstić information content (AvgIpc) is 2.53. The van der Waals surface area contributed by atoms with E-state index in [-0.39, 0.29) is 0 Å². The molecule has 2 rings (SSSR count). The normalized spacial score (nSPS) is 10.2. The Morgan fingerprint density at radius 1 is 1.24 bits per heavy atom. The van der Waals surface area contributed by atoms with Crippen LogP contribution in [0.25, 0.3) is 0 Å². The van der Waals surface area contributed by atoms with Gasteiger partial charge in [0.05, 0.1) is 19.4 Å². The van der Waals surface area contributed by atoms with Gasteiger partial charge in [-0.1, -0.05) is 13.0 Å². The molecule has 0 saturated carbocycles. The zero-order chi connectivity index (χ0) is 15.2. The first-order chi connectivity index (χ1) is 10.2. The minimum Gasteiger partial charge on any atom is -0.497 e. The van der Waals surface area contributed by atoms with Gasteiger partial charge in [0.1, 0.15) is 11.6 Å². The van der Waals surface area contributed by atoms with Crippen molar-refractivity contribution in [1.82, 2.24) is 4.98 Å². The maximum atomic E-state index is 5.89. The molecule has 1 aromatic carbocycles. The van der Waals surface area contributed by atoms with E-state index in [2.05, 4.69) is 4.98 Å². The van der Waals surface area contributed by atoms with E-state index in [1.54, 1.807) is 7.11 Å². The predicted octanol–water partition coefficient (Wildman–Crippen LogP) is 3.23. The third-order valence-corrected chi connectivity index (χ3v) is 3.10. The zero-order valence-corrected chi connectivity index (χ0v) is 12.7. The summed E-state index contributed by atoms with van der Waals surface area (Å²) in [5, 5.41) is 0. The number of rotatable bonds is 6. The Balaban J connectivity index is 2.27. The van der Waals surface area contributed by atoms with Crippen molar-refractivity contribution in [3.05, 3.63) is 36.4 Å². The topological polar surface area (TPSA) is 60.6 Å². The van der Waals surface area contributed by atoms with Gasteiger partial charge in [-0.05, 0) is 30.7 Å². The van der Waals surface area contributed by atoms with Gasteiger partial charge in [0, 0.05) is 18.8 Å². The summed E-state index contributed by atoms with van der Waals surface area (Å²) >= 11 is 0. The van der Waals surface area contributed by atoms with Crippen LogP contribution in [0, 0.1) is 0 Å². The molecule has 0 fully saturated rings. The van der Waals surface area contributed by atoms with Gasteiger partial charge in [-0.2, -0.15) is 4.98 Å². The highest BCUT2D eigenvalue weighted by molar-refractivity contribution is 5.64. The molecule has 0 aliphatic carbocycles. The molecule has 5 heteroatoms. The minimum absolute atomic E-state index is 0.476. The summed E-state index contributed by atoms with van der Waals surface area (Å²) in [6, 6.07) is 11.5. The molecular weight excluding hydrogens is 266 g/mol. The van der Waals surface area contributed by atoms with Crippen molar-refractivity contribution in [3.63, 3.8) is 0 Å². The van der Waals surface area contributed by atoms with Crippen molar-refractivity contribution < 1.29 is 9.47 Å². The molecular formula is C16H21N3O2. The Bertz CT molecular complexity index is 602. The number of benzene rings is 1. The first-order valence-corrected chi connectivity index (χ1v) is 6.92. The fourth-order valence-electron chi connectivity index (χ4n) is 1.89.